The number of nitrogens with one attached hydrogen (secondary N) is 3. The summed E-state index contributed by atoms with van der Waals surface area (Å²) in [7, 11) is 0. The Morgan fingerprint density at radius 2 is 1.57 bits per heavy atom. The zero-order valence-electron chi connectivity index (χ0n) is 32.7. The lowest BCUT2D eigenvalue weighted by Gasteiger charge is -2.37. The van der Waals surface area contributed by atoms with Crippen molar-refractivity contribution in [2.45, 2.75) is 79.0 Å². The van der Waals surface area contributed by atoms with Crippen molar-refractivity contribution in [1.29, 1.82) is 0 Å². The molecule has 5 atom stereocenters. The van der Waals surface area contributed by atoms with E-state index >= 15 is 0 Å². The standard InChI is InChI=1S/C43H50N6O6S/c1-7-20-45-47-39(52)31-14-10-28(11-15-31)29-16-18-32(19-17-29)49-36(51)22-34(41(49)54)37(43(4,5)6)42(55)48-23-33(50)21-35(48)40(53)46-25(2)27-8-12-30(13-9-27)38-26(3)44-24-56-38/h8-19,24-25,33-35,37,45,50H,7,20-23H2,1-6H3,(H,46,53)(H,47,52)/t25-,33+,34?,35-,37+/m0/s1. The van der Waals surface area contributed by atoms with E-state index in [2.05, 4.69) is 21.2 Å². The SMILES string of the molecule is CCCNNC(=O)c1ccc(-c2ccc(N3C(=O)CC([C@H](C(=O)N4C[C@H](O)C[C@H]4C(=O)N[C@@H](C)c4ccc(-c5scnc5C)cc4)C(C)(C)C)C3=O)cc2)cc1. The van der Waals surface area contributed by atoms with E-state index in [0.717, 1.165) is 44.1 Å². The molecule has 2 saturated heterocycles. The summed E-state index contributed by atoms with van der Waals surface area (Å²) >= 11 is 1.57. The van der Waals surface area contributed by atoms with E-state index in [9.17, 15) is 29.1 Å². The Hall–Kier alpha value is -5.24. The van der Waals surface area contributed by atoms with E-state index in [1.54, 1.807) is 47.7 Å². The molecule has 5 amide bonds. The number of nitrogens with zero attached hydrogens (tertiary/aromatic N) is 3. The van der Waals surface area contributed by atoms with Crippen LogP contribution in [-0.2, 0) is 19.2 Å². The van der Waals surface area contributed by atoms with Gasteiger partial charge in [0.15, 0.2) is 0 Å². The van der Waals surface area contributed by atoms with E-state index in [-0.39, 0.29) is 31.3 Å². The van der Waals surface area contributed by atoms with Gasteiger partial charge >= 0.3 is 0 Å². The van der Waals surface area contributed by atoms with Crippen LogP contribution in [0.25, 0.3) is 21.6 Å². The lowest BCUT2D eigenvalue weighted by molar-refractivity contribution is -0.149. The summed E-state index contributed by atoms with van der Waals surface area (Å²) < 4.78 is 0. The van der Waals surface area contributed by atoms with Gasteiger partial charge < -0.3 is 15.3 Å². The molecule has 0 bridgehead atoms. The number of benzene rings is 3. The second-order valence-electron chi connectivity index (χ2n) is 15.7. The third-order valence-electron chi connectivity index (χ3n) is 10.6. The molecule has 0 spiro atoms. The zero-order chi connectivity index (χ0) is 40.3. The molecule has 4 N–H and O–H groups in total. The van der Waals surface area contributed by atoms with Gasteiger partial charge in [-0.1, -0.05) is 76.2 Å². The van der Waals surface area contributed by atoms with Gasteiger partial charge in [-0.3, -0.25) is 34.3 Å². The third-order valence-corrected chi connectivity index (χ3v) is 11.6. The Bertz CT molecular complexity index is 2080. The highest BCUT2D eigenvalue weighted by molar-refractivity contribution is 7.13. The Morgan fingerprint density at radius 1 is 0.946 bits per heavy atom. The largest absolute Gasteiger partial charge is 0.391 e. The smallest absolute Gasteiger partial charge is 0.265 e. The summed E-state index contributed by atoms with van der Waals surface area (Å²) in [6.45, 7) is 12.0. The van der Waals surface area contributed by atoms with Crippen LogP contribution in [0.3, 0.4) is 0 Å². The maximum Gasteiger partial charge on any atom is 0.265 e. The van der Waals surface area contributed by atoms with Crippen molar-refractivity contribution in [1.82, 2.24) is 26.1 Å². The Morgan fingerprint density at radius 3 is 2.16 bits per heavy atom. The number of aliphatic hydroxyl groups is 1. The van der Waals surface area contributed by atoms with Crippen LogP contribution in [0.15, 0.2) is 78.3 Å². The minimum Gasteiger partial charge on any atom is -0.391 e. The maximum absolute atomic E-state index is 14.5. The first-order valence-electron chi connectivity index (χ1n) is 19.1. The summed E-state index contributed by atoms with van der Waals surface area (Å²) in [4.78, 5) is 76.3. The molecule has 294 valence electrons. The third kappa shape index (κ3) is 8.59. The van der Waals surface area contributed by atoms with E-state index < -0.39 is 53.0 Å². The predicted molar refractivity (Wildman–Crippen MR) is 216 cm³/mol. The lowest BCUT2D eigenvalue weighted by Crippen LogP contribution is -2.52. The highest BCUT2D eigenvalue weighted by Crippen LogP contribution is 2.42. The van der Waals surface area contributed by atoms with Crippen LogP contribution in [0.2, 0.25) is 0 Å². The molecule has 0 aliphatic carbocycles. The second kappa shape index (κ2) is 16.9. The van der Waals surface area contributed by atoms with Crippen molar-refractivity contribution in [2.75, 3.05) is 18.0 Å². The van der Waals surface area contributed by atoms with Crippen LogP contribution < -0.4 is 21.1 Å². The monoisotopic (exact) mass is 778 g/mol. The molecule has 4 aromatic rings. The first-order chi connectivity index (χ1) is 26.7. The molecule has 1 unspecified atom stereocenters. The number of carbonyl (C=O) groups is 5. The number of hydrogen-bond donors (Lipinski definition) is 4. The average molecular weight is 779 g/mol. The number of imide groups is 1. The van der Waals surface area contributed by atoms with Crippen LogP contribution >= 0.6 is 11.3 Å². The van der Waals surface area contributed by atoms with Crippen LogP contribution in [0.1, 0.15) is 81.5 Å². The second-order valence-corrected chi connectivity index (χ2v) is 16.6. The molecule has 0 radical (unpaired) electrons. The van der Waals surface area contributed by atoms with Crippen molar-refractivity contribution in [3.8, 4) is 21.6 Å². The van der Waals surface area contributed by atoms with Gasteiger partial charge in [-0.05, 0) is 72.2 Å². The van der Waals surface area contributed by atoms with E-state index in [1.165, 1.54) is 4.90 Å². The van der Waals surface area contributed by atoms with Crippen LogP contribution in [0.5, 0.6) is 0 Å². The molecule has 2 aliphatic rings. The number of thiazole rings is 1. The first kappa shape index (κ1) is 40.4. The van der Waals surface area contributed by atoms with Crippen molar-refractivity contribution in [2.24, 2.45) is 17.3 Å². The Kier molecular flexibility index (Phi) is 12.2. The molecule has 0 saturated carbocycles. The molecule has 2 aliphatic heterocycles. The quantitative estimate of drug-likeness (QED) is 0.0797. The fourth-order valence-corrected chi connectivity index (χ4v) is 8.48. The topological polar surface area (TPSA) is 161 Å². The number of hydrazine groups is 1. The number of aryl methyl sites for hydroxylation is 1. The lowest BCUT2D eigenvalue weighted by atomic mass is 9.71. The number of aliphatic hydroxyl groups excluding tert-OH is 1. The molecule has 12 nitrogen and oxygen atoms in total. The van der Waals surface area contributed by atoms with E-state index in [4.69, 9.17) is 0 Å². The van der Waals surface area contributed by atoms with Gasteiger partial charge in [-0.15, -0.1) is 11.3 Å². The van der Waals surface area contributed by atoms with Crippen molar-refractivity contribution in [3.05, 3.63) is 95.1 Å². The Labute approximate surface area is 331 Å². The number of β-amino-alcohol motifs (C(OH)–C–C–N with tert-alkyl or cyclic N) is 1. The normalized spacial score (nSPS) is 19.6. The Balaban J connectivity index is 1.14. The summed E-state index contributed by atoms with van der Waals surface area (Å²) in [5, 5.41) is 13.8. The van der Waals surface area contributed by atoms with Gasteiger partial charge in [0.25, 0.3) is 5.91 Å². The van der Waals surface area contributed by atoms with Crippen LogP contribution in [0.4, 0.5) is 5.69 Å². The highest BCUT2D eigenvalue weighted by atomic mass is 32.1. The summed E-state index contributed by atoms with van der Waals surface area (Å²) in [6.07, 6.45) is -0.130. The minimum atomic E-state index is -0.957. The van der Waals surface area contributed by atoms with Gasteiger partial charge in [0.2, 0.25) is 23.6 Å². The van der Waals surface area contributed by atoms with Gasteiger partial charge in [-0.2, -0.15) is 0 Å². The molecular weight excluding hydrogens is 729 g/mol. The fourth-order valence-electron chi connectivity index (χ4n) is 7.67. The summed E-state index contributed by atoms with van der Waals surface area (Å²) in [5.74, 6) is -3.85. The molecule has 3 heterocycles. The van der Waals surface area contributed by atoms with Gasteiger partial charge in [0.05, 0.1) is 45.8 Å². The number of carbonyl (C=O) groups excluding carboxylic acids is 5. The first-order valence-corrected chi connectivity index (χ1v) is 20.0. The van der Waals surface area contributed by atoms with Crippen molar-refractivity contribution < 1.29 is 29.1 Å². The molecular formula is C43H50N6O6S. The molecule has 6 rings (SSSR count). The van der Waals surface area contributed by atoms with Gasteiger partial charge in [0, 0.05) is 31.5 Å². The molecule has 3 aromatic carbocycles. The number of amides is 5. The molecule has 56 heavy (non-hydrogen) atoms. The number of hydrogen-bond acceptors (Lipinski definition) is 9. The van der Waals surface area contributed by atoms with Gasteiger partial charge in [-0.25, -0.2) is 10.4 Å². The van der Waals surface area contributed by atoms with E-state index in [1.807, 2.05) is 83.5 Å². The predicted octanol–water partition coefficient (Wildman–Crippen LogP) is 5.81. The molecule has 13 heteroatoms. The number of likely N-dealkylation sites (tertiary alicyclic amines) is 1. The summed E-state index contributed by atoms with van der Waals surface area (Å²) in [5.41, 5.74) is 12.0. The fraction of sp³-hybridized carbons (Fsp3) is 0.395. The zero-order valence-corrected chi connectivity index (χ0v) is 33.5. The average Bonchev–Trinajstić information content (AvgIpc) is 3.87. The van der Waals surface area contributed by atoms with Crippen LogP contribution in [-0.4, -0.2) is 69.8 Å². The van der Waals surface area contributed by atoms with Crippen molar-refractivity contribution >= 4 is 46.6 Å². The van der Waals surface area contributed by atoms with Gasteiger partial charge in [0.1, 0.15) is 6.04 Å². The van der Waals surface area contributed by atoms with Crippen molar-refractivity contribution in [3.63, 3.8) is 0 Å². The summed E-state index contributed by atoms with van der Waals surface area (Å²) in [6, 6.07) is 20.7. The van der Waals surface area contributed by atoms with Crippen LogP contribution in [0, 0.1) is 24.2 Å². The maximum atomic E-state index is 14.5. The highest BCUT2D eigenvalue weighted by Gasteiger charge is 2.53. The number of aromatic nitrogens is 1. The molecule has 1 aromatic heterocycles. The van der Waals surface area contributed by atoms with E-state index in [0.29, 0.717) is 17.8 Å². The molecule has 2 fully saturated rings. The number of anilines is 1. The number of rotatable bonds is 12. The minimum absolute atomic E-state index is 0.0534.